The third kappa shape index (κ3) is 2.95. The number of para-hydroxylation sites is 1. The quantitative estimate of drug-likeness (QED) is 0.797. The predicted octanol–water partition coefficient (Wildman–Crippen LogP) is 3.35. The lowest BCUT2D eigenvalue weighted by Crippen LogP contribution is -2.27. The summed E-state index contributed by atoms with van der Waals surface area (Å²) in [5.74, 6) is 0.723. The van der Waals surface area contributed by atoms with Crippen molar-refractivity contribution in [3.63, 3.8) is 0 Å². The van der Waals surface area contributed by atoms with Gasteiger partial charge in [-0.2, -0.15) is 0 Å². The minimum atomic E-state index is 0.0386. The van der Waals surface area contributed by atoms with Crippen molar-refractivity contribution in [3.8, 4) is 17.1 Å². The van der Waals surface area contributed by atoms with E-state index < -0.39 is 0 Å². The summed E-state index contributed by atoms with van der Waals surface area (Å²) in [6.07, 6.45) is 3.36. The first-order valence-electron chi connectivity index (χ1n) is 8.69. The zero-order chi connectivity index (χ0) is 17.2. The van der Waals surface area contributed by atoms with Crippen molar-refractivity contribution < 1.29 is 5.11 Å². The lowest BCUT2D eigenvalue weighted by Gasteiger charge is -2.15. The van der Waals surface area contributed by atoms with E-state index in [0.29, 0.717) is 17.9 Å². The highest BCUT2D eigenvalue weighted by Gasteiger charge is 2.22. The topological polar surface area (TPSA) is 55.1 Å². The maximum absolute atomic E-state index is 13.0. The fourth-order valence-electron chi connectivity index (χ4n) is 3.49. The number of rotatable bonds is 4. The summed E-state index contributed by atoms with van der Waals surface area (Å²) in [4.78, 5) is 17.8. The molecule has 126 valence electrons. The number of fused-ring (bicyclic) bond motifs is 1. The number of aromatic hydroxyl groups is 1. The van der Waals surface area contributed by atoms with Crippen LogP contribution in [0.3, 0.4) is 0 Å². The third-order valence-corrected chi connectivity index (χ3v) is 4.80. The lowest BCUT2D eigenvalue weighted by atomic mass is 10.1. The Morgan fingerprint density at radius 2 is 1.76 bits per heavy atom. The molecule has 0 spiro atoms. The van der Waals surface area contributed by atoms with Gasteiger partial charge < -0.3 is 5.11 Å². The van der Waals surface area contributed by atoms with E-state index in [4.69, 9.17) is 4.98 Å². The summed E-state index contributed by atoms with van der Waals surface area (Å²) in [6.45, 7) is 0.548. The molecule has 4 rings (SSSR count). The zero-order valence-electron chi connectivity index (χ0n) is 14.0. The van der Waals surface area contributed by atoms with Crippen molar-refractivity contribution in [2.24, 2.45) is 0 Å². The second-order valence-electron chi connectivity index (χ2n) is 6.42. The van der Waals surface area contributed by atoms with Gasteiger partial charge in [0.25, 0.3) is 5.56 Å². The summed E-state index contributed by atoms with van der Waals surface area (Å²) >= 11 is 0. The average Bonchev–Trinajstić information content (AvgIpc) is 3.11. The molecule has 0 aliphatic heterocycles. The van der Waals surface area contributed by atoms with Crippen LogP contribution in [0.4, 0.5) is 0 Å². The average molecular weight is 332 g/mol. The molecule has 0 unspecified atom stereocenters. The summed E-state index contributed by atoms with van der Waals surface area (Å²) in [7, 11) is 0. The van der Waals surface area contributed by atoms with Gasteiger partial charge in [-0.3, -0.25) is 9.36 Å². The molecule has 0 fully saturated rings. The minimum Gasteiger partial charge on any atom is -0.507 e. The molecule has 1 aliphatic rings. The van der Waals surface area contributed by atoms with Crippen LogP contribution >= 0.6 is 0 Å². The molecule has 0 saturated heterocycles. The highest BCUT2D eigenvalue weighted by Crippen LogP contribution is 2.28. The first kappa shape index (κ1) is 15.6. The Morgan fingerprint density at radius 3 is 2.56 bits per heavy atom. The molecule has 0 saturated carbocycles. The van der Waals surface area contributed by atoms with Crippen molar-refractivity contribution in [2.45, 2.75) is 32.2 Å². The smallest absolute Gasteiger partial charge is 0.257 e. The number of nitrogens with zero attached hydrogens (tertiary/aromatic N) is 2. The van der Waals surface area contributed by atoms with E-state index in [0.717, 1.165) is 36.9 Å². The number of phenols is 1. The summed E-state index contributed by atoms with van der Waals surface area (Å²) in [5.41, 5.74) is 3.56. The molecule has 1 heterocycles. The number of aromatic nitrogens is 2. The third-order valence-electron chi connectivity index (χ3n) is 4.80. The van der Waals surface area contributed by atoms with Gasteiger partial charge in [0.2, 0.25) is 0 Å². The normalized spacial score (nSPS) is 13.0. The van der Waals surface area contributed by atoms with Crippen LogP contribution in [0.25, 0.3) is 11.4 Å². The second kappa shape index (κ2) is 6.55. The molecular formula is C21H20N2O2. The SMILES string of the molecule is O=c1c2c(nc(-c3ccccc3O)n1CCc1ccccc1)CCC2. The maximum Gasteiger partial charge on any atom is 0.257 e. The van der Waals surface area contributed by atoms with E-state index in [2.05, 4.69) is 12.1 Å². The van der Waals surface area contributed by atoms with E-state index in [1.807, 2.05) is 30.3 Å². The molecule has 2 aromatic carbocycles. The monoisotopic (exact) mass is 332 g/mol. The number of hydrogen-bond acceptors (Lipinski definition) is 3. The van der Waals surface area contributed by atoms with Crippen molar-refractivity contribution in [1.29, 1.82) is 0 Å². The first-order chi connectivity index (χ1) is 12.2. The second-order valence-corrected chi connectivity index (χ2v) is 6.42. The van der Waals surface area contributed by atoms with E-state index in [-0.39, 0.29) is 11.3 Å². The largest absolute Gasteiger partial charge is 0.507 e. The van der Waals surface area contributed by atoms with Gasteiger partial charge in [0.15, 0.2) is 0 Å². The molecule has 1 aromatic heterocycles. The van der Waals surface area contributed by atoms with Crippen LogP contribution in [0, 0.1) is 0 Å². The van der Waals surface area contributed by atoms with Gasteiger partial charge in [-0.15, -0.1) is 0 Å². The van der Waals surface area contributed by atoms with Crippen LogP contribution in [-0.4, -0.2) is 14.7 Å². The fourth-order valence-corrected chi connectivity index (χ4v) is 3.49. The van der Waals surface area contributed by atoms with Crippen LogP contribution in [0.1, 0.15) is 23.2 Å². The molecule has 4 nitrogen and oxygen atoms in total. The maximum atomic E-state index is 13.0. The first-order valence-corrected chi connectivity index (χ1v) is 8.69. The van der Waals surface area contributed by atoms with E-state index in [1.54, 1.807) is 16.7 Å². The molecular weight excluding hydrogens is 312 g/mol. The van der Waals surface area contributed by atoms with Gasteiger partial charge in [-0.1, -0.05) is 42.5 Å². The molecule has 0 amide bonds. The van der Waals surface area contributed by atoms with Gasteiger partial charge >= 0.3 is 0 Å². The Kier molecular flexibility index (Phi) is 4.10. The van der Waals surface area contributed by atoms with Gasteiger partial charge in [-0.05, 0) is 43.4 Å². The summed E-state index contributed by atoms with van der Waals surface area (Å²) in [6, 6.07) is 17.2. The van der Waals surface area contributed by atoms with Crippen molar-refractivity contribution in [1.82, 2.24) is 9.55 Å². The van der Waals surface area contributed by atoms with Crippen LogP contribution in [-0.2, 0) is 25.8 Å². The molecule has 1 N–H and O–H groups in total. The minimum absolute atomic E-state index is 0.0386. The standard InChI is InChI=1S/C21H20N2O2/c24-19-12-5-4-9-17(19)20-22-18-11-6-10-16(18)21(25)23(20)14-13-15-7-2-1-3-8-15/h1-5,7-9,12,24H,6,10-11,13-14H2. The summed E-state index contributed by atoms with van der Waals surface area (Å²) in [5, 5.41) is 10.3. The van der Waals surface area contributed by atoms with Crippen LogP contribution in [0.5, 0.6) is 5.75 Å². The van der Waals surface area contributed by atoms with Crippen LogP contribution in [0.15, 0.2) is 59.4 Å². The molecule has 3 aromatic rings. The summed E-state index contributed by atoms with van der Waals surface area (Å²) < 4.78 is 1.73. The number of benzene rings is 2. The zero-order valence-corrected chi connectivity index (χ0v) is 14.0. The molecule has 0 bridgehead atoms. The number of phenolic OH excluding ortho intramolecular Hbond substituents is 1. The van der Waals surface area contributed by atoms with Gasteiger partial charge in [0, 0.05) is 12.1 Å². The molecule has 0 atom stereocenters. The van der Waals surface area contributed by atoms with E-state index in [9.17, 15) is 9.90 Å². The Balaban J connectivity index is 1.81. The highest BCUT2D eigenvalue weighted by atomic mass is 16.3. The van der Waals surface area contributed by atoms with Gasteiger partial charge in [0.1, 0.15) is 11.6 Å². The Labute approximate surface area is 146 Å². The Hall–Kier alpha value is -2.88. The van der Waals surface area contributed by atoms with Crippen LogP contribution < -0.4 is 5.56 Å². The molecule has 0 radical (unpaired) electrons. The Bertz CT molecular complexity index is 961. The van der Waals surface area contributed by atoms with Gasteiger partial charge in [0.05, 0.1) is 11.3 Å². The highest BCUT2D eigenvalue weighted by molar-refractivity contribution is 5.64. The van der Waals surface area contributed by atoms with Crippen molar-refractivity contribution >= 4 is 0 Å². The molecule has 4 heteroatoms. The van der Waals surface area contributed by atoms with E-state index in [1.165, 1.54) is 5.56 Å². The van der Waals surface area contributed by atoms with E-state index >= 15 is 0 Å². The number of aryl methyl sites for hydroxylation is 2. The van der Waals surface area contributed by atoms with Crippen molar-refractivity contribution in [3.05, 3.63) is 81.8 Å². The predicted molar refractivity (Wildman–Crippen MR) is 97.8 cm³/mol. The van der Waals surface area contributed by atoms with Crippen molar-refractivity contribution in [2.75, 3.05) is 0 Å². The van der Waals surface area contributed by atoms with Gasteiger partial charge in [-0.25, -0.2) is 4.98 Å². The fraction of sp³-hybridized carbons (Fsp3) is 0.238. The number of hydrogen-bond donors (Lipinski definition) is 1. The van der Waals surface area contributed by atoms with Crippen LogP contribution in [0.2, 0.25) is 0 Å². The molecule has 1 aliphatic carbocycles. The molecule has 25 heavy (non-hydrogen) atoms. The lowest BCUT2D eigenvalue weighted by molar-refractivity contribution is 0.476. The Morgan fingerprint density at radius 1 is 1.00 bits per heavy atom.